The highest BCUT2D eigenvalue weighted by molar-refractivity contribution is 7.09. The highest BCUT2D eigenvalue weighted by atomic mass is 32.1. The number of aromatic nitrogens is 1. The molecule has 132 valence electrons. The quantitative estimate of drug-likeness (QED) is 0.840. The lowest BCUT2D eigenvalue weighted by Gasteiger charge is -2.39. The predicted molar refractivity (Wildman–Crippen MR) is 97.0 cm³/mol. The van der Waals surface area contributed by atoms with Gasteiger partial charge < -0.3 is 4.90 Å². The standard InChI is InChI=1S/C19H29N3OS/c1-15-20-17(14-24-15)13-21-10-6-19(7-11-21)5-4-16(12-19)18(23)22-8-2-3-9-22/h14,16H,2-13H2,1H3/t16-/m0/s1. The minimum absolute atomic E-state index is 0.316. The largest absolute Gasteiger partial charge is 0.342 e. The van der Waals surface area contributed by atoms with Crippen LogP contribution in [0.25, 0.3) is 0 Å². The summed E-state index contributed by atoms with van der Waals surface area (Å²) in [6.07, 6.45) is 8.47. The van der Waals surface area contributed by atoms with Crippen LogP contribution in [0.1, 0.15) is 55.6 Å². The molecule has 2 aliphatic heterocycles. The van der Waals surface area contributed by atoms with Crippen molar-refractivity contribution < 1.29 is 4.79 Å². The van der Waals surface area contributed by atoms with Gasteiger partial charge in [-0.2, -0.15) is 0 Å². The van der Waals surface area contributed by atoms with Crippen molar-refractivity contribution in [1.82, 2.24) is 14.8 Å². The topological polar surface area (TPSA) is 36.4 Å². The minimum atomic E-state index is 0.316. The monoisotopic (exact) mass is 347 g/mol. The van der Waals surface area contributed by atoms with Gasteiger partial charge in [-0.05, 0) is 70.4 Å². The Bertz CT molecular complexity index is 585. The van der Waals surface area contributed by atoms with E-state index >= 15 is 0 Å². The van der Waals surface area contributed by atoms with Gasteiger partial charge in [0.25, 0.3) is 0 Å². The zero-order valence-corrected chi connectivity index (χ0v) is 15.6. The Hall–Kier alpha value is -0.940. The van der Waals surface area contributed by atoms with Gasteiger partial charge in [0.05, 0.1) is 10.7 Å². The van der Waals surface area contributed by atoms with Gasteiger partial charge in [0.2, 0.25) is 5.91 Å². The number of hydrogen-bond acceptors (Lipinski definition) is 4. The number of hydrogen-bond donors (Lipinski definition) is 0. The molecule has 0 unspecified atom stereocenters. The molecule has 0 N–H and O–H groups in total. The Morgan fingerprint density at radius 2 is 2.00 bits per heavy atom. The molecule has 3 heterocycles. The van der Waals surface area contributed by atoms with Crippen molar-refractivity contribution in [3.8, 4) is 0 Å². The molecule has 1 amide bonds. The van der Waals surface area contributed by atoms with Crippen LogP contribution in [0.5, 0.6) is 0 Å². The van der Waals surface area contributed by atoms with Crippen LogP contribution in [0.3, 0.4) is 0 Å². The third kappa shape index (κ3) is 3.38. The maximum atomic E-state index is 12.7. The van der Waals surface area contributed by atoms with E-state index in [0.717, 1.165) is 37.5 Å². The molecule has 1 aliphatic carbocycles. The van der Waals surface area contributed by atoms with E-state index in [1.54, 1.807) is 11.3 Å². The molecule has 5 heteroatoms. The van der Waals surface area contributed by atoms with Crippen LogP contribution in [0.2, 0.25) is 0 Å². The summed E-state index contributed by atoms with van der Waals surface area (Å²) in [5.74, 6) is 0.778. The first-order valence-electron chi connectivity index (χ1n) is 9.56. The molecule has 24 heavy (non-hydrogen) atoms. The second kappa shape index (κ2) is 6.75. The van der Waals surface area contributed by atoms with Crippen LogP contribution in [-0.2, 0) is 11.3 Å². The average Bonchev–Trinajstić information content (AvgIpc) is 3.31. The molecule has 4 nitrogen and oxygen atoms in total. The normalized spacial score (nSPS) is 27.2. The van der Waals surface area contributed by atoms with Crippen molar-refractivity contribution in [2.24, 2.45) is 11.3 Å². The lowest BCUT2D eigenvalue weighted by molar-refractivity contribution is -0.134. The molecule has 1 aromatic heterocycles. The number of amides is 1. The second-order valence-electron chi connectivity index (χ2n) is 8.11. The lowest BCUT2D eigenvalue weighted by atomic mass is 9.76. The van der Waals surface area contributed by atoms with Gasteiger partial charge in [-0.15, -0.1) is 11.3 Å². The molecule has 3 aliphatic rings. The number of carbonyl (C=O) groups excluding carboxylic acids is 1. The fraction of sp³-hybridized carbons (Fsp3) is 0.789. The van der Waals surface area contributed by atoms with Crippen LogP contribution in [-0.4, -0.2) is 46.9 Å². The molecule has 1 aromatic rings. The highest BCUT2D eigenvalue weighted by Crippen LogP contribution is 2.49. The highest BCUT2D eigenvalue weighted by Gasteiger charge is 2.44. The van der Waals surface area contributed by atoms with Gasteiger partial charge in [0.15, 0.2) is 0 Å². The van der Waals surface area contributed by atoms with E-state index in [1.165, 1.54) is 50.9 Å². The zero-order valence-electron chi connectivity index (χ0n) is 14.8. The molecule has 3 fully saturated rings. The Balaban J connectivity index is 1.29. The van der Waals surface area contributed by atoms with Crippen LogP contribution >= 0.6 is 11.3 Å². The number of rotatable bonds is 3. The molecule has 4 rings (SSSR count). The summed E-state index contributed by atoms with van der Waals surface area (Å²) in [4.78, 5) is 22.0. The summed E-state index contributed by atoms with van der Waals surface area (Å²) in [5, 5.41) is 3.36. The molecule has 0 bridgehead atoms. The first-order chi connectivity index (χ1) is 11.6. The molecule has 1 saturated carbocycles. The summed E-state index contributed by atoms with van der Waals surface area (Å²) in [6.45, 7) is 7.42. The fourth-order valence-electron chi connectivity index (χ4n) is 4.96. The second-order valence-corrected chi connectivity index (χ2v) is 9.17. The summed E-state index contributed by atoms with van der Waals surface area (Å²) in [6, 6.07) is 0. The smallest absolute Gasteiger partial charge is 0.225 e. The van der Waals surface area contributed by atoms with E-state index in [2.05, 4.69) is 27.1 Å². The van der Waals surface area contributed by atoms with Gasteiger partial charge in [-0.25, -0.2) is 4.98 Å². The van der Waals surface area contributed by atoms with E-state index < -0.39 is 0 Å². The minimum Gasteiger partial charge on any atom is -0.342 e. The van der Waals surface area contributed by atoms with Crippen molar-refractivity contribution in [3.05, 3.63) is 16.1 Å². The Morgan fingerprint density at radius 1 is 1.25 bits per heavy atom. The molecule has 0 radical (unpaired) electrons. The maximum absolute atomic E-state index is 12.7. The SMILES string of the molecule is Cc1nc(CN2CCC3(CC[C@H](C(=O)N4CCCC4)C3)CC2)cs1. The van der Waals surface area contributed by atoms with Crippen molar-refractivity contribution in [1.29, 1.82) is 0 Å². The summed E-state index contributed by atoms with van der Waals surface area (Å²) in [7, 11) is 0. The average molecular weight is 348 g/mol. The van der Waals surface area contributed by atoms with Crippen LogP contribution in [0.15, 0.2) is 5.38 Å². The Kier molecular flexibility index (Phi) is 4.65. The van der Waals surface area contributed by atoms with Crippen molar-refractivity contribution in [2.45, 2.75) is 58.4 Å². The third-order valence-corrected chi connectivity index (χ3v) is 7.26. The van der Waals surface area contributed by atoms with Gasteiger partial charge in [-0.3, -0.25) is 9.69 Å². The van der Waals surface area contributed by atoms with Crippen LogP contribution in [0, 0.1) is 18.3 Å². The van der Waals surface area contributed by atoms with Crippen LogP contribution in [0.4, 0.5) is 0 Å². The maximum Gasteiger partial charge on any atom is 0.225 e. The van der Waals surface area contributed by atoms with E-state index in [0.29, 0.717) is 17.2 Å². The molecular weight excluding hydrogens is 318 g/mol. The third-order valence-electron chi connectivity index (χ3n) is 6.44. The van der Waals surface area contributed by atoms with Crippen molar-refractivity contribution >= 4 is 17.2 Å². The number of thiazole rings is 1. The molecule has 0 aromatic carbocycles. The predicted octanol–water partition coefficient (Wildman–Crippen LogP) is 3.46. The van der Waals surface area contributed by atoms with Crippen molar-refractivity contribution in [2.75, 3.05) is 26.2 Å². The summed E-state index contributed by atoms with van der Waals surface area (Å²) >= 11 is 1.75. The molecule has 1 spiro atoms. The summed E-state index contributed by atoms with van der Waals surface area (Å²) in [5.41, 5.74) is 1.68. The first kappa shape index (κ1) is 16.5. The van der Waals surface area contributed by atoms with Gasteiger partial charge in [0, 0.05) is 30.9 Å². The van der Waals surface area contributed by atoms with Gasteiger partial charge in [0.1, 0.15) is 0 Å². The van der Waals surface area contributed by atoms with Crippen molar-refractivity contribution in [3.63, 3.8) is 0 Å². The molecular formula is C19H29N3OS. The van der Waals surface area contributed by atoms with E-state index in [4.69, 9.17) is 0 Å². The first-order valence-corrected chi connectivity index (χ1v) is 10.4. The zero-order chi connectivity index (χ0) is 16.6. The number of nitrogens with zero attached hydrogens (tertiary/aromatic N) is 3. The number of likely N-dealkylation sites (tertiary alicyclic amines) is 2. The number of aryl methyl sites for hydroxylation is 1. The number of piperidine rings is 1. The number of carbonyl (C=O) groups is 1. The Morgan fingerprint density at radius 3 is 2.67 bits per heavy atom. The van der Waals surface area contributed by atoms with E-state index in [9.17, 15) is 4.79 Å². The van der Waals surface area contributed by atoms with Gasteiger partial charge >= 0.3 is 0 Å². The lowest BCUT2D eigenvalue weighted by Crippen LogP contribution is -2.39. The van der Waals surface area contributed by atoms with Crippen LogP contribution < -0.4 is 0 Å². The van der Waals surface area contributed by atoms with E-state index in [-0.39, 0.29) is 0 Å². The fourth-order valence-corrected chi connectivity index (χ4v) is 5.57. The van der Waals surface area contributed by atoms with Gasteiger partial charge in [-0.1, -0.05) is 0 Å². The Labute approximate surface area is 149 Å². The molecule has 2 saturated heterocycles. The summed E-state index contributed by atoms with van der Waals surface area (Å²) < 4.78 is 0. The van der Waals surface area contributed by atoms with E-state index in [1.807, 2.05) is 0 Å². The molecule has 1 atom stereocenters.